The van der Waals surface area contributed by atoms with Gasteiger partial charge < -0.3 is 0 Å². The lowest BCUT2D eigenvalue weighted by molar-refractivity contribution is -0.512. The average Bonchev–Trinajstić information content (AvgIpc) is 3.06. The van der Waals surface area contributed by atoms with Crippen LogP contribution in [0.15, 0.2) is 71.5 Å². The summed E-state index contributed by atoms with van der Waals surface area (Å²) in [5, 5.41) is 5.16. The highest BCUT2D eigenvalue weighted by molar-refractivity contribution is 5.73. The van der Waals surface area contributed by atoms with E-state index in [-0.39, 0.29) is 0 Å². The molecule has 0 atom stereocenters. The standard InChI is InChI=1S/C43H63N2/c1-7-12-16-19-24-36-29-30-40(34-38(36)27-20-17-13-8-2)44-45(6)41(11-5)32-35-31-39(23-14-9-3)42(28-15-10-4)43(33-35)37-25-21-18-22-26-37/h18,21-22,25-26,29-34H,7-17,19-20,23-24,27-28H2,1-6H3/q+1. The number of nitrogens with zero attached hydrogens (tertiary/aromatic N) is 2. The molecule has 45 heavy (non-hydrogen) atoms. The van der Waals surface area contributed by atoms with Gasteiger partial charge in [0.15, 0.2) is 7.05 Å². The van der Waals surface area contributed by atoms with Gasteiger partial charge in [0.1, 0.15) is 5.69 Å². The first-order chi connectivity index (χ1) is 22.0. The Morgan fingerprint density at radius 3 is 1.87 bits per heavy atom. The van der Waals surface area contributed by atoms with E-state index in [0.29, 0.717) is 0 Å². The van der Waals surface area contributed by atoms with Crippen molar-refractivity contribution >= 4 is 11.8 Å². The number of azo groups is 2. The van der Waals surface area contributed by atoms with Crippen LogP contribution in [0.4, 0.5) is 5.69 Å². The fourth-order valence-corrected chi connectivity index (χ4v) is 6.44. The molecule has 0 aromatic heterocycles. The van der Waals surface area contributed by atoms with Crippen LogP contribution in [0.2, 0.25) is 0 Å². The molecule has 3 aromatic carbocycles. The van der Waals surface area contributed by atoms with Crippen molar-refractivity contribution in [3.8, 4) is 11.1 Å². The van der Waals surface area contributed by atoms with Crippen LogP contribution in [0.3, 0.4) is 0 Å². The lowest BCUT2D eigenvalue weighted by Gasteiger charge is -2.17. The van der Waals surface area contributed by atoms with Gasteiger partial charge in [0.2, 0.25) is 5.70 Å². The zero-order chi connectivity index (χ0) is 32.3. The summed E-state index contributed by atoms with van der Waals surface area (Å²) in [4.78, 5) is 0. The van der Waals surface area contributed by atoms with Crippen LogP contribution >= 0.6 is 0 Å². The second-order valence-electron chi connectivity index (χ2n) is 13.0. The third-order valence-corrected chi connectivity index (χ3v) is 9.20. The molecule has 3 rings (SSSR count). The second-order valence-corrected chi connectivity index (χ2v) is 13.0. The molecule has 0 N–H and O–H groups in total. The minimum absolute atomic E-state index is 0.932. The molecule has 0 aliphatic carbocycles. The molecule has 0 spiro atoms. The summed E-state index contributed by atoms with van der Waals surface area (Å²) < 4.78 is 2.12. The predicted octanol–water partition coefficient (Wildman–Crippen LogP) is 13.5. The van der Waals surface area contributed by atoms with E-state index in [2.05, 4.69) is 113 Å². The van der Waals surface area contributed by atoms with Crippen LogP contribution in [0, 0.1) is 0 Å². The van der Waals surface area contributed by atoms with Crippen molar-refractivity contribution < 1.29 is 4.70 Å². The maximum absolute atomic E-state index is 5.16. The van der Waals surface area contributed by atoms with E-state index < -0.39 is 0 Å². The molecule has 244 valence electrons. The zero-order valence-electron chi connectivity index (χ0n) is 29.8. The first-order valence-electron chi connectivity index (χ1n) is 18.5. The van der Waals surface area contributed by atoms with Crippen molar-refractivity contribution in [3.63, 3.8) is 0 Å². The normalized spacial score (nSPS) is 12.2. The van der Waals surface area contributed by atoms with Gasteiger partial charge in [-0.1, -0.05) is 133 Å². The maximum atomic E-state index is 5.16. The summed E-state index contributed by atoms with van der Waals surface area (Å²) >= 11 is 0. The van der Waals surface area contributed by atoms with E-state index in [9.17, 15) is 0 Å². The number of unbranched alkanes of at least 4 members (excludes halogenated alkanes) is 8. The van der Waals surface area contributed by atoms with E-state index in [1.807, 2.05) is 0 Å². The molecule has 0 amide bonds. The van der Waals surface area contributed by atoms with Crippen molar-refractivity contribution in [2.75, 3.05) is 7.05 Å². The number of aryl methyl sites for hydroxylation is 3. The van der Waals surface area contributed by atoms with Crippen molar-refractivity contribution in [2.45, 2.75) is 144 Å². The molecule has 0 radical (unpaired) electrons. The Morgan fingerprint density at radius 2 is 1.22 bits per heavy atom. The Bertz CT molecular complexity index is 1330. The van der Waals surface area contributed by atoms with Crippen LogP contribution in [0.5, 0.6) is 0 Å². The number of rotatable bonds is 21. The third kappa shape index (κ3) is 12.0. The maximum Gasteiger partial charge on any atom is 0.208 e. The molecule has 2 heteroatoms. The van der Waals surface area contributed by atoms with Crippen LogP contribution in [0.1, 0.15) is 146 Å². The number of allylic oxidation sites excluding steroid dienone is 1. The lowest BCUT2D eigenvalue weighted by Crippen LogP contribution is -2.03. The fraction of sp³-hybridized carbons (Fsp3) is 0.535. The van der Waals surface area contributed by atoms with E-state index in [4.69, 9.17) is 5.11 Å². The van der Waals surface area contributed by atoms with Crippen LogP contribution in [-0.2, 0) is 25.7 Å². The Labute approximate surface area is 277 Å². The second kappa shape index (κ2) is 20.9. The van der Waals surface area contributed by atoms with Gasteiger partial charge in [-0.15, -0.1) is 0 Å². The number of benzene rings is 3. The van der Waals surface area contributed by atoms with Gasteiger partial charge in [-0.25, -0.2) is 0 Å². The molecule has 0 aliphatic heterocycles. The van der Waals surface area contributed by atoms with Crippen molar-refractivity contribution in [3.05, 3.63) is 94.2 Å². The van der Waals surface area contributed by atoms with Gasteiger partial charge >= 0.3 is 0 Å². The SMILES string of the molecule is CCCCCCc1ccc(N=[N+](C)C(=Cc2cc(CCCC)c(CCCC)c(-c3ccccc3)c2)CC)cc1CCCCCC. The number of hydrogen-bond donors (Lipinski definition) is 0. The van der Waals surface area contributed by atoms with Crippen LogP contribution < -0.4 is 0 Å². The summed E-state index contributed by atoms with van der Waals surface area (Å²) in [6.07, 6.45) is 23.3. The van der Waals surface area contributed by atoms with E-state index in [0.717, 1.165) is 24.9 Å². The molecule has 0 unspecified atom stereocenters. The van der Waals surface area contributed by atoms with Gasteiger partial charge in [-0.05, 0) is 114 Å². The topological polar surface area (TPSA) is 15.4 Å². The van der Waals surface area contributed by atoms with Gasteiger partial charge in [-0.3, -0.25) is 0 Å². The van der Waals surface area contributed by atoms with Gasteiger partial charge in [0.05, 0.1) is 0 Å². The predicted molar refractivity (Wildman–Crippen MR) is 198 cm³/mol. The fourth-order valence-electron chi connectivity index (χ4n) is 6.44. The Kier molecular flexibility index (Phi) is 17.0. The molecular formula is C43H63N2+. The van der Waals surface area contributed by atoms with Crippen LogP contribution in [0.25, 0.3) is 17.2 Å². The summed E-state index contributed by atoms with van der Waals surface area (Å²) in [5.41, 5.74) is 12.4. The minimum Gasteiger partial charge on any atom is -0.0906 e. The molecule has 2 nitrogen and oxygen atoms in total. The molecule has 0 saturated heterocycles. The van der Waals surface area contributed by atoms with Crippen molar-refractivity contribution in [1.82, 2.24) is 0 Å². The highest BCUT2D eigenvalue weighted by Crippen LogP contribution is 2.32. The minimum atomic E-state index is 0.932. The molecule has 0 aliphatic rings. The van der Waals surface area contributed by atoms with Gasteiger partial charge in [0, 0.05) is 12.5 Å². The highest BCUT2D eigenvalue weighted by Gasteiger charge is 2.15. The molecule has 0 saturated carbocycles. The van der Waals surface area contributed by atoms with Gasteiger partial charge in [0.25, 0.3) is 0 Å². The number of hydrogen-bond acceptors (Lipinski definition) is 1. The first-order valence-corrected chi connectivity index (χ1v) is 18.5. The molecule has 0 bridgehead atoms. The quantitative estimate of drug-likeness (QED) is 0.0650. The van der Waals surface area contributed by atoms with Crippen molar-refractivity contribution in [1.29, 1.82) is 0 Å². The molecule has 3 aromatic rings. The smallest absolute Gasteiger partial charge is 0.0906 e. The Hall–Kier alpha value is -3.00. The van der Waals surface area contributed by atoms with Crippen molar-refractivity contribution in [2.24, 2.45) is 5.11 Å². The summed E-state index contributed by atoms with van der Waals surface area (Å²) in [7, 11) is 2.13. The molecule has 0 heterocycles. The average molecular weight is 608 g/mol. The monoisotopic (exact) mass is 607 g/mol. The largest absolute Gasteiger partial charge is 0.208 e. The first kappa shape index (κ1) is 36.5. The van der Waals surface area contributed by atoms with E-state index in [1.165, 1.54) is 129 Å². The van der Waals surface area contributed by atoms with E-state index in [1.54, 1.807) is 5.56 Å². The molecular weight excluding hydrogens is 544 g/mol. The zero-order valence-corrected chi connectivity index (χ0v) is 29.8. The third-order valence-electron chi connectivity index (χ3n) is 9.20. The summed E-state index contributed by atoms with van der Waals surface area (Å²) in [5.74, 6) is 0. The Balaban J connectivity index is 1.98. The Morgan fingerprint density at radius 1 is 0.600 bits per heavy atom. The highest BCUT2D eigenvalue weighted by atomic mass is 15.3. The van der Waals surface area contributed by atoms with E-state index >= 15 is 0 Å². The summed E-state index contributed by atoms with van der Waals surface area (Å²) in [6, 6.07) is 22.9. The van der Waals surface area contributed by atoms with Gasteiger partial charge in [-0.2, -0.15) is 0 Å². The molecule has 0 fully saturated rings. The lowest BCUT2D eigenvalue weighted by atomic mass is 9.88. The summed E-state index contributed by atoms with van der Waals surface area (Å²) in [6.45, 7) is 11.4. The van der Waals surface area contributed by atoms with Crippen LogP contribution in [-0.4, -0.2) is 11.7 Å².